The molecule has 3 aromatic rings. The monoisotopic (exact) mass is 793 g/mol. The Morgan fingerprint density at radius 1 is 0.895 bits per heavy atom. The summed E-state index contributed by atoms with van der Waals surface area (Å²) < 4.78 is 0. The third kappa shape index (κ3) is 8.06. The van der Waals surface area contributed by atoms with Crippen LogP contribution in [0.25, 0.3) is 0 Å². The first-order chi connectivity index (χ1) is 27.5. The molecular weight excluding hydrogens is 746 g/mol. The van der Waals surface area contributed by atoms with Gasteiger partial charge in [0.05, 0.1) is 28.7 Å². The molecule has 0 aliphatic carbocycles. The van der Waals surface area contributed by atoms with Crippen LogP contribution in [0.4, 0.5) is 27.8 Å². The summed E-state index contributed by atoms with van der Waals surface area (Å²) in [6.07, 6.45) is 6.09. The molecule has 5 amide bonds. The summed E-state index contributed by atoms with van der Waals surface area (Å²) in [5.74, 6) is 0.451. The zero-order chi connectivity index (χ0) is 39.8. The van der Waals surface area contributed by atoms with Crippen molar-refractivity contribution < 1.29 is 19.2 Å². The predicted octanol–water partition coefficient (Wildman–Crippen LogP) is 3.93. The summed E-state index contributed by atoms with van der Waals surface area (Å²) in [5.41, 5.74) is 4.60. The molecule has 5 aliphatic heterocycles. The Morgan fingerprint density at radius 2 is 1.63 bits per heavy atom. The standard InChI is InChI=1S/C41H48ClN11O4/c1-26-23-52(27(2)22-51(26)33-4-3-29(19-43)35(42)18-33)41(57)46-31-20-44-40(45-21-31)50-11-9-28(10-12-50)24-48-13-15-49(16-14-48)32-5-6-34-30(17-32)25-53(39(34)56)36-7-8-37(54)47-38(36)55/h3-6,17-18,20-21,26-28,36H,7-16,22-25H2,1-2H3,(H,46,57)(H,47,54,55)/t26-,27+,36?/m0/s1. The molecule has 15 nitrogen and oxygen atoms in total. The molecule has 16 heteroatoms. The van der Waals surface area contributed by atoms with E-state index in [1.54, 1.807) is 23.4 Å². The van der Waals surface area contributed by atoms with Gasteiger partial charge in [0.1, 0.15) is 12.1 Å². The van der Waals surface area contributed by atoms with Gasteiger partial charge in [-0.15, -0.1) is 0 Å². The van der Waals surface area contributed by atoms with Gasteiger partial charge in [0.15, 0.2) is 0 Å². The van der Waals surface area contributed by atoms with Crippen LogP contribution in [-0.4, -0.2) is 125 Å². The van der Waals surface area contributed by atoms with Crippen LogP contribution in [0.3, 0.4) is 0 Å². The Bertz CT molecular complexity index is 2080. The normalized spacial score (nSPS) is 23.4. The molecule has 5 aliphatic rings. The molecule has 2 aromatic carbocycles. The van der Waals surface area contributed by atoms with Crippen molar-refractivity contribution in [3.63, 3.8) is 0 Å². The van der Waals surface area contributed by atoms with E-state index in [1.807, 2.05) is 36.1 Å². The summed E-state index contributed by atoms with van der Waals surface area (Å²) in [7, 11) is 0. The minimum atomic E-state index is -0.606. The van der Waals surface area contributed by atoms with Crippen molar-refractivity contribution in [1.29, 1.82) is 5.26 Å². The predicted molar refractivity (Wildman–Crippen MR) is 216 cm³/mol. The second-order valence-corrected chi connectivity index (χ2v) is 16.3. The van der Waals surface area contributed by atoms with Gasteiger partial charge in [0.25, 0.3) is 5.91 Å². The van der Waals surface area contributed by atoms with E-state index in [0.717, 1.165) is 75.6 Å². The summed E-state index contributed by atoms with van der Waals surface area (Å²) in [6, 6.07) is 12.7. The highest BCUT2D eigenvalue weighted by atomic mass is 35.5. The number of carbonyl (C=O) groups excluding carboxylic acids is 4. The second-order valence-electron chi connectivity index (χ2n) is 15.9. The van der Waals surface area contributed by atoms with Crippen molar-refractivity contribution in [2.45, 2.75) is 64.2 Å². The number of piperazine rings is 2. The lowest BCUT2D eigenvalue weighted by Crippen LogP contribution is -2.59. The molecule has 0 saturated carbocycles. The zero-order valence-electron chi connectivity index (χ0n) is 32.4. The first kappa shape index (κ1) is 38.4. The Labute approximate surface area is 337 Å². The number of fused-ring (bicyclic) bond motifs is 1. The number of carbonyl (C=O) groups is 4. The fraction of sp³-hybridized carbons (Fsp3) is 0.488. The maximum Gasteiger partial charge on any atom is 0.322 e. The maximum atomic E-state index is 13.3. The van der Waals surface area contributed by atoms with Crippen molar-refractivity contribution in [3.8, 4) is 6.07 Å². The van der Waals surface area contributed by atoms with Crippen molar-refractivity contribution in [2.75, 3.05) is 78.9 Å². The van der Waals surface area contributed by atoms with E-state index >= 15 is 0 Å². The van der Waals surface area contributed by atoms with E-state index in [0.29, 0.717) is 59.8 Å². The van der Waals surface area contributed by atoms with Gasteiger partial charge in [-0.25, -0.2) is 14.8 Å². The van der Waals surface area contributed by atoms with Crippen LogP contribution in [0.2, 0.25) is 5.02 Å². The Morgan fingerprint density at radius 3 is 2.33 bits per heavy atom. The van der Waals surface area contributed by atoms with Gasteiger partial charge in [0, 0.05) is 101 Å². The molecule has 1 aromatic heterocycles. The number of nitriles is 1. The number of aromatic nitrogens is 2. The lowest BCUT2D eigenvalue weighted by molar-refractivity contribution is -0.136. The van der Waals surface area contributed by atoms with Crippen LogP contribution in [0.15, 0.2) is 48.8 Å². The number of piperidine rings is 2. The molecule has 0 radical (unpaired) electrons. The van der Waals surface area contributed by atoms with Crippen LogP contribution in [-0.2, 0) is 16.1 Å². The minimum absolute atomic E-state index is 0.0505. The number of amides is 5. The second kappa shape index (κ2) is 16.2. The SMILES string of the molecule is C[C@@H]1CN(c2ccc(C#N)c(Cl)c2)[C@@H](C)CN1C(=O)Nc1cnc(N2CCC(CN3CCN(c4ccc5c(c4)CN(C4CCC(=O)NC4=O)C5=O)CC3)CC2)nc1. The summed E-state index contributed by atoms with van der Waals surface area (Å²) in [5, 5.41) is 15.0. The number of nitrogens with zero attached hydrogens (tertiary/aromatic N) is 9. The summed E-state index contributed by atoms with van der Waals surface area (Å²) in [4.78, 5) is 72.6. The van der Waals surface area contributed by atoms with Crippen molar-refractivity contribution >= 4 is 58.4 Å². The topological polar surface area (TPSA) is 161 Å². The average Bonchev–Trinajstić information content (AvgIpc) is 3.54. The molecule has 4 saturated heterocycles. The first-order valence-corrected chi connectivity index (χ1v) is 20.3. The van der Waals surface area contributed by atoms with Crippen molar-refractivity contribution in [2.24, 2.45) is 5.92 Å². The zero-order valence-corrected chi connectivity index (χ0v) is 33.1. The van der Waals surface area contributed by atoms with Gasteiger partial charge in [-0.3, -0.25) is 24.6 Å². The van der Waals surface area contributed by atoms with E-state index in [9.17, 15) is 24.4 Å². The average molecular weight is 794 g/mol. The van der Waals surface area contributed by atoms with E-state index in [-0.39, 0.29) is 42.3 Å². The van der Waals surface area contributed by atoms with E-state index in [1.165, 1.54) is 0 Å². The lowest BCUT2D eigenvalue weighted by atomic mass is 9.96. The molecule has 0 bridgehead atoms. The molecule has 8 rings (SSSR count). The third-order valence-corrected chi connectivity index (χ3v) is 12.5. The number of hydrogen-bond donors (Lipinski definition) is 2. The molecule has 6 heterocycles. The molecule has 0 spiro atoms. The lowest BCUT2D eigenvalue weighted by Gasteiger charge is -2.45. The molecule has 298 valence electrons. The molecule has 3 atom stereocenters. The first-order valence-electron chi connectivity index (χ1n) is 19.9. The number of halogens is 1. The largest absolute Gasteiger partial charge is 0.369 e. The van der Waals surface area contributed by atoms with E-state index < -0.39 is 6.04 Å². The number of imide groups is 1. The molecule has 1 unspecified atom stereocenters. The molecule has 57 heavy (non-hydrogen) atoms. The van der Waals surface area contributed by atoms with Gasteiger partial charge < -0.3 is 29.8 Å². The number of rotatable bonds is 7. The van der Waals surface area contributed by atoms with Gasteiger partial charge in [-0.2, -0.15) is 5.26 Å². The third-order valence-electron chi connectivity index (χ3n) is 12.2. The molecule has 2 N–H and O–H groups in total. The fourth-order valence-corrected chi connectivity index (χ4v) is 9.13. The number of anilines is 4. The molecule has 4 fully saturated rings. The summed E-state index contributed by atoms with van der Waals surface area (Å²) in [6.45, 7) is 12.2. The van der Waals surface area contributed by atoms with E-state index in [4.69, 9.17) is 11.6 Å². The van der Waals surface area contributed by atoms with Crippen LogP contribution in [0.1, 0.15) is 61.0 Å². The van der Waals surface area contributed by atoms with Crippen LogP contribution < -0.4 is 25.3 Å². The number of urea groups is 1. The number of hydrogen-bond acceptors (Lipinski definition) is 11. The highest BCUT2D eigenvalue weighted by Gasteiger charge is 2.39. The fourth-order valence-electron chi connectivity index (χ4n) is 8.91. The Balaban J connectivity index is 0.769. The van der Waals surface area contributed by atoms with Crippen LogP contribution >= 0.6 is 11.6 Å². The molecular formula is C41H48ClN11O4. The van der Waals surface area contributed by atoms with Gasteiger partial charge in [-0.1, -0.05) is 11.6 Å². The van der Waals surface area contributed by atoms with Crippen LogP contribution in [0, 0.1) is 17.2 Å². The number of nitrogens with one attached hydrogen (secondary N) is 2. The minimum Gasteiger partial charge on any atom is -0.369 e. The van der Waals surface area contributed by atoms with Gasteiger partial charge in [0.2, 0.25) is 17.8 Å². The summed E-state index contributed by atoms with van der Waals surface area (Å²) >= 11 is 6.30. The van der Waals surface area contributed by atoms with Crippen molar-refractivity contribution in [3.05, 3.63) is 70.5 Å². The Kier molecular flexibility index (Phi) is 10.9. The van der Waals surface area contributed by atoms with E-state index in [2.05, 4.69) is 59.3 Å². The van der Waals surface area contributed by atoms with Gasteiger partial charge in [-0.05, 0) is 81.0 Å². The van der Waals surface area contributed by atoms with Crippen molar-refractivity contribution in [1.82, 2.24) is 30.0 Å². The highest BCUT2D eigenvalue weighted by molar-refractivity contribution is 6.32. The smallest absolute Gasteiger partial charge is 0.322 e. The van der Waals surface area contributed by atoms with Crippen LogP contribution in [0.5, 0.6) is 0 Å². The quantitative estimate of drug-likeness (QED) is 0.334. The van der Waals surface area contributed by atoms with Gasteiger partial charge >= 0.3 is 6.03 Å². The number of benzene rings is 2. The Hall–Kier alpha value is -5.46. The maximum absolute atomic E-state index is 13.3. The highest BCUT2D eigenvalue weighted by Crippen LogP contribution is 2.32.